The van der Waals surface area contributed by atoms with E-state index in [0.29, 0.717) is 44.4 Å². The van der Waals surface area contributed by atoms with Crippen LogP contribution < -0.4 is 11.1 Å². The fraction of sp³-hybridized carbons (Fsp3) is 0.467. The molecule has 0 bridgehead atoms. The Morgan fingerprint density at radius 1 is 1.32 bits per heavy atom. The lowest BCUT2D eigenvalue weighted by Crippen LogP contribution is -2.51. The molecule has 2 aromatic heterocycles. The maximum atomic E-state index is 12.0. The summed E-state index contributed by atoms with van der Waals surface area (Å²) in [5, 5.41) is 8.46. The second-order valence-electron chi connectivity index (χ2n) is 5.63. The Bertz CT molecular complexity index is 709. The summed E-state index contributed by atoms with van der Waals surface area (Å²) in [6.45, 7) is 3.07. The average Bonchev–Trinajstić information content (AvgIpc) is 3.31. The van der Waals surface area contributed by atoms with Crippen LogP contribution in [-0.2, 0) is 16.1 Å². The number of aromatic nitrogens is 2. The fourth-order valence-corrected chi connectivity index (χ4v) is 3.18. The third-order valence-electron chi connectivity index (χ3n) is 3.92. The van der Waals surface area contributed by atoms with E-state index in [1.807, 2.05) is 17.5 Å². The Hall–Kier alpha value is -2.30. The van der Waals surface area contributed by atoms with Gasteiger partial charge in [-0.25, -0.2) is 0 Å². The zero-order valence-electron chi connectivity index (χ0n) is 13.7. The number of nitrogens with two attached hydrogens (primary N) is 1. The van der Waals surface area contributed by atoms with Crippen molar-refractivity contribution in [3.8, 4) is 10.7 Å². The van der Waals surface area contributed by atoms with Crippen LogP contribution in [-0.4, -0.2) is 71.0 Å². The van der Waals surface area contributed by atoms with Crippen molar-refractivity contribution in [2.45, 2.75) is 6.54 Å². The van der Waals surface area contributed by atoms with Crippen LogP contribution in [0.5, 0.6) is 0 Å². The molecule has 10 heteroatoms. The highest BCUT2D eigenvalue weighted by Crippen LogP contribution is 2.21. The summed E-state index contributed by atoms with van der Waals surface area (Å²) >= 11 is 1.57. The fourth-order valence-electron chi connectivity index (χ4n) is 2.53. The number of rotatable bonds is 6. The van der Waals surface area contributed by atoms with Crippen molar-refractivity contribution in [3.63, 3.8) is 0 Å². The van der Waals surface area contributed by atoms with Gasteiger partial charge in [0.2, 0.25) is 23.5 Å². The second-order valence-corrected chi connectivity index (χ2v) is 6.57. The lowest BCUT2D eigenvalue weighted by molar-refractivity contribution is -0.134. The van der Waals surface area contributed by atoms with Gasteiger partial charge in [0.15, 0.2) is 0 Å². The molecular weight excluding hydrogens is 344 g/mol. The van der Waals surface area contributed by atoms with E-state index in [1.54, 1.807) is 16.2 Å². The van der Waals surface area contributed by atoms with Gasteiger partial charge in [0.25, 0.3) is 0 Å². The van der Waals surface area contributed by atoms with Gasteiger partial charge in [-0.3, -0.25) is 14.5 Å². The summed E-state index contributed by atoms with van der Waals surface area (Å²) in [5.41, 5.74) is 5.20. The highest BCUT2D eigenvalue weighted by molar-refractivity contribution is 7.13. The first-order valence-corrected chi connectivity index (χ1v) is 8.87. The molecule has 0 saturated carbocycles. The summed E-state index contributed by atoms with van der Waals surface area (Å²) < 4.78 is 5.31. The molecule has 3 N–H and O–H groups in total. The minimum Gasteiger partial charge on any atom is -0.346 e. The van der Waals surface area contributed by atoms with Gasteiger partial charge in [-0.15, -0.1) is 11.3 Å². The molecule has 0 aromatic carbocycles. The molecule has 134 valence electrons. The predicted molar refractivity (Wildman–Crippen MR) is 91.5 cm³/mol. The van der Waals surface area contributed by atoms with Gasteiger partial charge in [-0.2, -0.15) is 4.98 Å². The summed E-state index contributed by atoms with van der Waals surface area (Å²) in [6.07, 6.45) is 0. The molecule has 1 aliphatic heterocycles. The largest absolute Gasteiger partial charge is 0.346 e. The zero-order chi connectivity index (χ0) is 17.6. The number of carbonyl (C=O) groups is 2. The van der Waals surface area contributed by atoms with Crippen molar-refractivity contribution in [1.82, 2.24) is 25.3 Å². The van der Waals surface area contributed by atoms with Crippen LogP contribution in [0.2, 0.25) is 0 Å². The molecule has 1 saturated heterocycles. The van der Waals surface area contributed by atoms with Gasteiger partial charge in [0.05, 0.1) is 24.5 Å². The van der Waals surface area contributed by atoms with Gasteiger partial charge >= 0.3 is 0 Å². The monoisotopic (exact) mass is 364 g/mol. The van der Waals surface area contributed by atoms with Crippen LogP contribution in [0.1, 0.15) is 5.89 Å². The number of piperazine rings is 1. The van der Waals surface area contributed by atoms with Gasteiger partial charge in [0, 0.05) is 26.2 Å². The molecule has 2 amide bonds. The molecule has 1 fully saturated rings. The van der Waals surface area contributed by atoms with Crippen LogP contribution in [0, 0.1) is 0 Å². The topological polar surface area (TPSA) is 118 Å². The van der Waals surface area contributed by atoms with E-state index >= 15 is 0 Å². The summed E-state index contributed by atoms with van der Waals surface area (Å²) in [6, 6.07) is 3.90. The van der Waals surface area contributed by atoms with Crippen molar-refractivity contribution in [1.29, 1.82) is 0 Å². The lowest BCUT2D eigenvalue weighted by Gasteiger charge is -2.34. The summed E-state index contributed by atoms with van der Waals surface area (Å²) in [5.74, 6) is 0.747. The smallest absolute Gasteiger partial charge is 0.242 e. The van der Waals surface area contributed by atoms with Crippen LogP contribution in [0.3, 0.4) is 0 Å². The second kappa shape index (κ2) is 8.19. The molecule has 0 unspecified atom stereocenters. The third kappa shape index (κ3) is 4.62. The van der Waals surface area contributed by atoms with Crippen molar-refractivity contribution in [2.75, 3.05) is 39.3 Å². The molecule has 0 spiro atoms. The van der Waals surface area contributed by atoms with Crippen molar-refractivity contribution < 1.29 is 14.1 Å². The van der Waals surface area contributed by atoms with E-state index in [2.05, 4.69) is 20.4 Å². The molecule has 0 aliphatic carbocycles. The van der Waals surface area contributed by atoms with Gasteiger partial charge < -0.3 is 20.5 Å². The number of amides is 2. The van der Waals surface area contributed by atoms with E-state index in [1.165, 1.54) is 0 Å². The molecule has 2 aromatic rings. The molecule has 1 aliphatic rings. The van der Waals surface area contributed by atoms with Gasteiger partial charge in [-0.05, 0) is 11.4 Å². The molecule has 0 atom stereocenters. The normalized spacial score (nSPS) is 15.3. The standard InChI is InChI=1S/C15H20N6O3S/c16-8-12(22)17-9-14(23)21-5-3-20(4-6-21)10-13-18-15(19-24-13)11-2-1-7-25-11/h1-2,7H,3-6,8-10,16H2,(H,17,22). The number of nitrogens with zero attached hydrogens (tertiary/aromatic N) is 4. The maximum absolute atomic E-state index is 12.0. The third-order valence-corrected chi connectivity index (χ3v) is 4.78. The number of nitrogens with one attached hydrogen (secondary N) is 1. The van der Waals surface area contributed by atoms with E-state index in [0.717, 1.165) is 4.88 Å². The van der Waals surface area contributed by atoms with Crippen LogP contribution >= 0.6 is 11.3 Å². The predicted octanol–water partition coefficient (Wildman–Crippen LogP) is -0.483. The average molecular weight is 364 g/mol. The molecule has 3 rings (SSSR count). The molecule has 0 radical (unpaired) electrons. The number of thiophene rings is 1. The van der Waals surface area contributed by atoms with Crippen LogP contribution in [0.4, 0.5) is 0 Å². The molecule has 9 nitrogen and oxygen atoms in total. The number of hydrogen-bond acceptors (Lipinski definition) is 8. The SMILES string of the molecule is NCC(=O)NCC(=O)N1CCN(Cc2nc(-c3cccs3)no2)CC1. The van der Waals surface area contributed by atoms with Crippen molar-refractivity contribution >= 4 is 23.2 Å². The van der Waals surface area contributed by atoms with E-state index in [9.17, 15) is 9.59 Å². The minimum atomic E-state index is -0.329. The van der Waals surface area contributed by atoms with Crippen LogP contribution in [0.15, 0.2) is 22.0 Å². The van der Waals surface area contributed by atoms with E-state index in [-0.39, 0.29) is 24.9 Å². The number of hydrogen-bond donors (Lipinski definition) is 2. The molecule has 3 heterocycles. The van der Waals surface area contributed by atoms with E-state index in [4.69, 9.17) is 10.3 Å². The minimum absolute atomic E-state index is 0.0101. The maximum Gasteiger partial charge on any atom is 0.242 e. The summed E-state index contributed by atoms with van der Waals surface area (Å²) in [4.78, 5) is 32.4. The van der Waals surface area contributed by atoms with Crippen molar-refractivity contribution in [2.24, 2.45) is 5.73 Å². The Kier molecular flexibility index (Phi) is 5.74. The van der Waals surface area contributed by atoms with E-state index < -0.39 is 0 Å². The van der Waals surface area contributed by atoms with Crippen LogP contribution in [0.25, 0.3) is 10.7 Å². The van der Waals surface area contributed by atoms with Crippen molar-refractivity contribution in [3.05, 3.63) is 23.4 Å². The Labute approximate surface area is 148 Å². The Morgan fingerprint density at radius 2 is 2.12 bits per heavy atom. The number of carbonyl (C=O) groups excluding carboxylic acids is 2. The lowest BCUT2D eigenvalue weighted by atomic mass is 10.3. The highest BCUT2D eigenvalue weighted by Gasteiger charge is 2.22. The highest BCUT2D eigenvalue weighted by atomic mass is 32.1. The molecular formula is C15H20N6O3S. The quantitative estimate of drug-likeness (QED) is 0.710. The first-order chi connectivity index (χ1) is 12.2. The zero-order valence-corrected chi connectivity index (χ0v) is 14.5. The Morgan fingerprint density at radius 3 is 2.80 bits per heavy atom. The summed E-state index contributed by atoms with van der Waals surface area (Å²) in [7, 11) is 0. The first kappa shape index (κ1) is 17.5. The first-order valence-electron chi connectivity index (χ1n) is 7.99. The van der Waals surface area contributed by atoms with Gasteiger partial charge in [-0.1, -0.05) is 11.2 Å². The van der Waals surface area contributed by atoms with Gasteiger partial charge in [0.1, 0.15) is 0 Å². The molecule has 25 heavy (non-hydrogen) atoms. The Balaban J connectivity index is 1.45.